The van der Waals surface area contributed by atoms with Gasteiger partial charge in [-0.15, -0.1) is 0 Å². The van der Waals surface area contributed by atoms with Crippen LogP contribution in [0.4, 0.5) is 5.69 Å². The summed E-state index contributed by atoms with van der Waals surface area (Å²) in [6.45, 7) is 6.18. The van der Waals surface area contributed by atoms with Gasteiger partial charge in [0.15, 0.2) is 12.3 Å². The van der Waals surface area contributed by atoms with E-state index in [0.29, 0.717) is 6.54 Å². The number of carbonyl (C=O) groups is 1. The van der Waals surface area contributed by atoms with Gasteiger partial charge < -0.3 is 15.1 Å². The Morgan fingerprint density at radius 1 is 1.24 bits per heavy atom. The maximum absolute atomic E-state index is 12.3. The monoisotopic (exact) mass is 339 g/mol. The maximum Gasteiger partial charge on any atom is 0.279 e. The highest BCUT2D eigenvalue weighted by Gasteiger charge is 2.18. The van der Waals surface area contributed by atoms with Crippen LogP contribution in [0.1, 0.15) is 30.1 Å². The summed E-state index contributed by atoms with van der Waals surface area (Å²) in [7, 11) is 0. The van der Waals surface area contributed by atoms with Crippen LogP contribution in [0.2, 0.25) is 0 Å². The van der Waals surface area contributed by atoms with Crippen molar-refractivity contribution in [2.75, 3.05) is 11.9 Å². The number of nitrogens with two attached hydrogens (primary N) is 1. The number of nitrogens with zero attached hydrogens (tertiary/aromatic N) is 2. The number of rotatable bonds is 6. The van der Waals surface area contributed by atoms with E-state index in [1.807, 2.05) is 73.2 Å². The molecule has 0 bridgehead atoms. The molecule has 3 rings (SSSR count). The van der Waals surface area contributed by atoms with Crippen LogP contribution in [-0.2, 0) is 4.79 Å². The van der Waals surface area contributed by atoms with Gasteiger partial charge in [0, 0.05) is 0 Å². The largest absolute Gasteiger partial charge is 0.463 e. The molecular weight excluding hydrogens is 316 g/mol. The molecule has 0 saturated carbocycles. The zero-order valence-electron chi connectivity index (χ0n) is 14.7. The SMILES string of the molecule is Cc1nn(-c2ccccc2)c(C)c1NC(=O)C[NH2+][C@H](C)c1ccco1. The Kier molecular flexibility index (Phi) is 5.00. The van der Waals surface area contributed by atoms with E-state index < -0.39 is 0 Å². The maximum atomic E-state index is 12.3. The van der Waals surface area contributed by atoms with E-state index in [0.717, 1.165) is 28.5 Å². The van der Waals surface area contributed by atoms with E-state index in [2.05, 4.69) is 10.4 Å². The zero-order chi connectivity index (χ0) is 17.8. The fourth-order valence-corrected chi connectivity index (χ4v) is 2.78. The number of anilines is 1. The van der Waals surface area contributed by atoms with Crippen LogP contribution in [0.3, 0.4) is 0 Å². The van der Waals surface area contributed by atoms with Gasteiger partial charge in [-0.3, -0.25) is 4.79 Å². The summed E-state index contributed by atoms with van der Waals surface area (Å²) in [5, 5.41) is 9.48. The molecule has 0 fully saturated rings. The number of nitrogens with one attached hydrogen (secondary N) is 1. The first-order valence-corrected chi connectivity index (χ1v) is 8.34. The summed E-state index contributed by atoms with van der Waals surface area (Å²) < 4.78 is 7.21. The van der Waals surface area contributed by atoms with Crippen LogP contribution in [0.5, 0.6) is 0 Å². The van der Waals surface area contributed by atoms with E-state index in [9.17, 15) is 4.79 Å². The second kappa shape index (κ2) is 7.36. The minimum absolute atomic E-state index is 0.0581. The first-order valence-electron chi connectivity index (χ1n) is 8.34. The number of aromatic nitrogens is 2. The lowest BCUT2D eigenvalue weighted by molar-refractivity contribution is -0.684. The van der Waals surface area contributed by atoms with Gasteiger partial charge in [0.25, 0.3) is 5.91 Å². The van der Waals surface area contributed by atoms with Gasteiger partial charge in [-0.05, 0) is 45.0 Å². The molecule has 1 atom stereocenters. The second-order valence-corrected chi connectivity index (χ2v) is 6.09. The van der Waals surface area contributed by atoms with Gasteiger partial charge >= 0.3 is 0 Å². The third kappa shape index (κ3) is 3.80. The lowest BCUT2D eigenvalue weighted by Gasteiger charge is -2.09. The Morgan fingerprint density at radius 3 is 2.68 bits per heavy atom. The van der Waals surface area contributed by atoms with Crippen molar-refractivity contribution in [1.82, 2.24) is 9.78 Å². The Hall–Kier alpha value is -2.86. The number of hydrogen-bond donors (Lipinski definition) is 2. The Bertz CT molecular complexity index is 838. The molecule has 1 amide bonds. The molecule has 0 aliphatic rings. The molecule has 3 N–H and O–H groups in total. The van der Waals surface area contributed by atoms with Crippen molar-refractivity contribution in [3.63, 3.8) is 0 Å². The highest BCUT2D eigenvalue weighted by atomic mass is 16.3. The molecule has 1 aromatic carbocycles. The predicted molar refractivity (Wildman–Crippen MR) is 95.6 cm³/mol. The summed E-state index contributed by atoms with van der Waals surface area (Å²) in [5.74, 6) is 0.800. The standard InChI is InChI=1S/C19H22N4O2/c1-13(17-10-7-11-25-17)20-12-18(24)21-19-14(2)22-23(15(19)3)16-8-5-4-6-9-16/h4-11,13,20H,12H2,1-3H3,(H,21,24)/p+1/t13-/m1/s1. The second-order valence-electron chi connectivity index (χ2n) is 6.09. The fourth-order valence-electron chi connectivity index (χ4n) is 2.78. The summed E-state index contributed by atoms with van der Waals surface area (Å²) in [6, 6.07) is 13.7. The number of hydrogen-bond acceptors (Lipinski definition) is 3. The van der Waals surface area contributed by atoms with Crippen molar-refractivity contribution in [3.8, 4) is 5.69 Å². The number of quaternary nitrogens is 1. The van der Waals surface area contributed by atoms with Crippen molar-refractivity contribution in [1.29, 1.82) is 0 Å². The van der Waals surface area contributed by atoms with Crippen LogP contribution < -0.4 is 10.6 Å². The van der Waals surface area contributed by atoms with Crippen LogP contribution in [0.25, 0.3) is 5.69 Å². The minimum Gasteiger partial charge on any atom is -0.463 e. The number of amides is 1. The average molecular weight is 339 g/mol. The van der Waals surface area contributed by atoms with E-state index in [1.54, 1.807) is 6.26 Å². The first-order chi connectivity index (χ1) is 12.1. The molecule has 0 saturated heterocycles. The molecular formula is C19H23N4O2+. The van der Waals surface area contributed by atoms with Crippen molar-refractivity contribution < 1.29 is 14.5 Å². The Balaban J connectivity index is 1.66. The molecule has 0 radical (unpaired) electrons. The summed E-state index contributed by atoms with van der Waals surface area (Å²) >= 11 is 0. The van der Waals surface area contributed by atoms with Crippen molar-refractivity contribution >= 4 is 11.6 Å². The van der Waals surface area contributed by atoms with Crippen LogP contribution in [0.15, 0.2) is 53.1 Å². The summed E-state index contributed by atoms with van der Waals surface area (Å²) in [6.07, 6.45) is 1.64. The van der Waals surface area contributed by atoms with Crippen LogP contribution in [-0.4, -0.2) is 22.2 Å². The highest BCUT2D eigenvalue weighted by molar-refractivity contribution is 5.92. The predicted octanol–water partition coefficient (Wildman–Crippen LogP) is 2.35. The van der Waals surface area contributed by atoms with Crippen molar-refractivity contribution in [3.05, 3.63) is 65.9 Å². The molecule has 2 heterocycles. The van der Waals surface area contributed by atoms with Crippen LogP contribution in [0, 0.1) is 13.8 Å². The van der Waals surface area contributed by atoms with Crippen LogP contribution >= 0.6 is 0 Å². The highest BCUT2D eigenvalue weighted by Crippen LogP contribution is 2.22. The third-order valence-electron chi connectivity index (χ3n) is 4.21. The van der Waals surface area contributed by atoms with Gasteiger partial charge in [-0.25, -0.2) is 4.68 Å². The van der Waals surface area contributed by atoms with E-state index in [-0.39, 0.29) is 11.9 Å². The smallest absolute Gasteiger partial charge is 0.279 e. The number of carbonyl (C=O) groups excluding carboxylic acids is 1. The molecule has 6 heteroatoms. The van der Waals surface area contributed by atoms with Gasteiger partial charge in [0.1, 0.15) is 6.04 Å². The molecule has 0 spiro atoms. The normalized spacial score (nSPS) is 12.1. The van der Waals surface area contributed by atoms with Gasteiger partial charge in [0.05, 0.1) is 29.0 Å². The zero-order valence-corrected chi connectivity index (χ0v) is 14.7. The number of furan rings is 1. The number of aryl methyl sites for hydroxylation is 1. The number of benzene rings is 1. The summed E-state index contributed by atoms with van der Waals surface area (Å²) in [5.41, 5.74) is 3.46. The molecule has 3 aromatic rings. The molecule has 6 nitrogen and oxygen atoms in total. The molecule has 130 valence electrons. The average Bonchev–Trinajstić information content (AvgIpc) is 3.25. The van der Waals surface area contributed by atoms with E-state index in [1.165, 1.54) is 0 Å². The van der Waals surface area contributed by atoms with E-state index >= 15 is 0 Å². The van der Waals surface area contributed by atoms with E-state index in [4.69, 9.17) is 4.42 Å². The molecule has 0 aliphatic heterocycles. The quantitative estimate of drug-likeness (QED) is 0.724. The fraction of sp³-hybridized carbons (Fsp3) is 0.263. The van der Waals surface area contributed by atoms with Gasteiger partial charge in [-0.1, -0.05) is 18.2 Å². The van der Waals surface area contributed by atoms with Crippen molar-refractivity contribution in [2.45, 2.75) is 26.8 Å². The van der Waals surface area contributed by atoms with Crippen molar-refractivity contribution in [2.24, 2.45) is 0 Å². The topological polar surface area (TPSA) is 76.7 Å². The van der Waals surface area contributed by atoms with Gasteiger partial charge in [-0.2, -0.15) is 5.10 Å². The molecule has 2 aromatic heterocycles. The lowest BCUT2D eigenvalue weighted by atomic mass is 10.2. The number of para-hydroxylation sites is 1. The van der Waals surface area contributed by atoms with Gasteiger partial charge in [0.2, 0.25) is 0 Å². The molecule has 0 aliphatic carbocycles. The molecule has 25 heavy (non-hydrogen) atoms. The Labute approximate surface area is 146 Å². The molecule has 0 unspecified atom stereocenters. The minimum atomic E-state index is -0.0581. The first kappa shape index (κ1) is 17.0. The Morgan fingerprint density at radius 2 is 2.00 bits per heavy atom. The lowest BCUT2D eigenvalue weighted by Crippen LogP contribution is -2.86. The third-order valence-corrected chi connectivity index (χ3v) is 4.21. The summed E-state index contributed by atoms with van der Waals surface area (Å²) in [4.78, 5) is 12.3.